The van der Waals surface area contributed by atoms with Gasteiger partial charge in [-0.15, -0.1) is 11.3 Å². The molecule has 0 aliphatic carbocycles. The fourth-order valence-corrected chi connectivity index (χ4v) is 5.28. The van der Waals surface area contributed by atoms with E-state index in [4.69, 9.17) is 9.72 Å². The van der Waals surface area contributed by atoms with Crippen molar-refractivity contribution >= 4 is 11.3 Å². The first-order chi connectivity index (χ1) is 17.6. The molecule has 180 valence electrons. The van der Waals surface area contributed by atoms with Crippen molar-refractivity contribution in [3.05, 3.63) is 129 Å². The minimum absolute atomic E-state index is 0.0202. The SMILES string of the molecule is Cc1ccc(-c2c(C)nc(-c3ccccc3OCc3ccccc3)n(CCc3ccccc3)c2=O)s1. The molecule has 5 heteroatoms. The Morgan fingerprint density at radius 1 is 0.806 bits per heavy atom. The summed E-state index contributed by atoms with van der Waals surface area (Å²) in [5.74, 6) is 1.34. The highest BCUT2D eigenvalue weighted by Crippen LogP contribution is 2.32. The number of aryl methyl sites for hydroxylation is 3. The highest BCUT2D eigenvalue weighted by Gasteiger charge is 2.20. The molecule has 5 aromatic rings. The van der Waals surface area contributed by atoms with Crippen molar-refractivity contribution in [2.75, 3.05) is 0 Å². The Hall–Kier alpha value is -3.96. The number of thiophene rings is 1. The third kappa shape index (κ3) is 5.16. The Balaban J connectivity index is 1.59. The Kier molecular flexibility index (Phi) is 7.10. The lowest BCUT2D eigenvalue weighted by molar-refractivity contribution is 0.307. The van der Waals surface area contributed by atoms with Crippen LogP contribution in [0.5, 0.6) is 5.75 Å². The molecule has 0 N–H and O–H groups in total. The van der Waals surface area contributed by atoms with Crippen LogP contribution in [-0.4, -0.2) is 9.55 Å². The lowest BCUT2D eigenvalue weighted by Crippen LogP contribution is -2.27. The van der Waals surface area contributed by atoms with E-state index in [1.165, 1.54) is 10.4 Å². The van der Waals surface area contributed by atoms with Gasteiger partial charge in [0.15, 0.2) is 0 Å². The molecule has 0 atom stereocenters. The molecule has 0 bridgehead atoms. The summed E-state index contributed by atoms with van der Waals surface area (Å²) in [5.41, 5.74) is 4.46. The molecule has 2 aromatic heterocycles. The zero-order chi connectivity index (χ0) is 24.9. The van der Waals surface area contributed by atoms with E-state index in [0.717, 1.165) is 28.1 Å². The maximum absolute atomic E-state index is 14.0. The zero-order valence-corrected chi connectivity index (χ0v) is 21.3. The molecule has 0 fully saturated rings. The Bertz CT molecular complexity index is 1520. The summed E-state index contributed by atoms with van der Waals surface area (Å²) < 4.78 is 8.05. The predicted molar refractivity (Wildman–Crippen MR) is 148 cm³/mol. The van der Waals surface area contributed by atoms with E-state index in [2.05, 4.69) is 19.1 Å². The smallest absolute Gasteiger partial charge is 0.262 e. The molecule has 0 aliphatic rings. The zero-order valence-electron chi connectivity index (χ0n) is 20.5. The average Bonchev–Trinajstić information content (AvgIpc) is 3.33. The van der Waals surface area contributed by atoms with Gasteiger partial charge in [-0.1, -0.05) is 72.8 Å². The van der Waals surface area contributed by atoms with Crippen LogP contribution in [0, 0.1) is 13.8 Å². The number of benzene rings is 3. The van der Waals surface area contributed by atoms with Crippen LogP contribution in [-0.2, 0) is 19.6 Å². The molecular weight excluding hydrogens is 464 g/mol. The lowest BCUT2D eigenvalue weighted by atomic mass is 10.1. The monoisotopic (exact) mass is 492 g/mol. The van der Waals surface area contributed by atoms with Crippen LogP contribution in [0.3, 0.4) is 0 Å². The fraction of sp³-hybridized carbons (Fsp3) is 0.161. The highest BCUT2D eigenvalue weighted by molar-refractivity contribution is 7.15. The number of nitrogens with zero attached hydrogens (tertiary/aromatic N) is 2. The molecule has 36 heavy (non-hydrogen) atoms. The van der Waals surface area contributed by atoms with E-state index >= 15 is 0 Å². The first kappa shape index (κ1) is 23.8. The Morgan fingerprint density at radius 2 is 1.47 bits per heavy atom. The molecule has 0 saturated carbocycles. The van der Waals surface area contributed by atoms with Crippen LogP contribution >= 0.6 is 11.3 Å². The number of aromatic nitrogens is 2. The van der Waals surface area contributed by atoms with Crippen molar-refractivity contribution in [1.29, 1.82) is 0 Å². The average molecular weight is 493 g/mol. The van der Waals surface area contributed by atoms with Gasteiger partial charge < -0.3 is 4.74 Å². The molecule has 0 radical (unpaired) electrons. The molecule has 4 nitrogen and oxygen atoms in total. The van der Waals surface area contributed by atoms with E-state index in [9.17, 15) is 4.79 Å². The largest absolute Gasteiger partial charge is 0.488 e. The number of rotatable bonds is 8. The van der Waals surface area contributed by atoms with Crippen molar-refractivity contribution in [2.24, 2.45) is 0 Å². The predicted octanol–water partition coefficient (Wildman–Crippen LogP) is 7.08. The van der Waals surface area contributed by atoms with Crippen molar-refractivity contribution in [1.82, 2.24) is 9.55 Å². The second-order valence-corrected chi connectivity index (χ2v) is 10.1. The van der Waals surface area contributed by atoms with Gasteiger partial charge in [0.1, 0.15) is 18.2 Å². The second-order valence-electron chi connectivity index (χ2n) is 8.77. The second kappa shape index (κ2) is 10.8. The normalized spacial score (nSPS) is 10.9. The van der Waals surface area contributed by atoms with Gasteiger partial charge in [-0.05, 0) is 55.7 Å². The molecule has 5 rings (SSSR count). The molecule has 0 unspecified atom stereocenters. The van der Waals surface area contributed by atoms with E-state index < -0.39 is 0 Å². The lowest BCUT2D eigenvalue weighted by Gasteiger charge is -2.18. The van der Waals surface area contributed by atoms with Gasteiger partial charge in [-0.25, -0.2) is 4.98 Å². The molecule has 3 aromatic carbocycles. The number of hydrogen-bond acceptors (Lipinski definition) is 4. The maximum atomic E-state index is 14.0. The van der Waals surface area contributed by atoms with E-state index in [0.29, 0.717) is 30.3 Å². The molecule has 0 spiro atoms. The first-order valence-electron chi connectivity index (χ1n) is 12.1. The van der Waals surface area contributed by atoms with Crippen molar-refractivity contribution in [3.63, 3.8) is 0 Å². The van der Waals surface area contributed by atoms with Crippen LogP contribution in [0.1, 0.15) is 21.7 Å². The van der Waals surface area contributed by atoms with Crippen LogP contribution < -0.4 is 10.3 Å². The summed E-state index contributed by atoms with van der Waals surface area (Å²) in [7, 11) is 0. The number of ether oxygens (including phenoxy) is 1. The standard InChI is InChI=1S/C31H28N2O2S/c1-22-17-18-28(36-22)29-23(2)32-30(33(31(29)34)20-19-24-11-5-3-6-12-24)26-15-9-10-16-27(26)35-21-25-13-7-4-8-14-25/h3-18H,19-21H2,1-2H3. The van der Waals surface area contributed by atoms with Gasteiger partial charge in [0, 0.05) is 16.3 Å². The van der Waals surface area contributed by atoms with Gasteiger partial charge in [-0.3, -0.25) is 9.36 Å². The van der Waals surface area contributed by atoms with Crippen LogP contribution in [0.15, 0.2) is 102 Å². The molecule has 0 saturated heterocycles. The third-order valence-corrected chi connectivity index (χ3v) is 7.19. The Morgan fingerprint density at radius 3 is 2.17 bits per heavy atom. The third-order valence-electron chi connectivity index (χ3n) is 6.17. The fourth-order valence-electron chi connectivity index (χ4n) is 4.32. The van der Waals surface area contributed by atoms with Crippen molar-refractivity contribution in [3.8, 4) is 27.6 Å². The molecule has 0 aliphatic heterocycles. The minimum Gasteiger partial charge on any atom is -0.488 e. The molecule has 0 amide bonds. The summed E-state index contributed by atoms with van der Waals surface area (Å²) in [6.07, 6.45) is 0.731. The van der Waals surface area contributed by atoms with Crippen LogP contribution in [0.25, 0.3) is 21.8 Å². The molecule has 2 heterocycles. The van der Waals surface area contributed by atoms with Gasteiger partial charge in [-0.2, -0.15) is 0 Å². The number of hydrogen-bond donors (Lipinski definition) is 0. The van der Waals surface area contributed by atoms with E-state index in [1.807, 2.05) is 96.4 Å². The summed E-state index contributed by atoms with van der Waals surface area (Å²) in [4.78, 5) is 21.1. The van der Waals surface area contributed by atoms with Crippen LogP contribution in [0.4, 0.5) is 0 Å². The summed E-state index contributed by atoms with van der Waals surface area (Å²) in [6, 6.07) is 32.2. The van der Waals surface area contributed by atoms with E-state index in [-0.39, 0.29) is 5.56 Å². The Labute approximate surface area is 215 Å². The maximum Gasteiger partial charge on any atom is 0.262 e. The topological polar surface area (TPSA) is 44.1 Å². The number of para-hydroxylation sites is 1. The molecular formula is C31H28N2O2S. The van der Waals surface area contributed by atoms with Gasteiger partial charge in [0.2, 0.25) is 0 Å². The summed E-state index contributed by atoms with van der Waals surface area (Å²) in [6.45, 7) is 4.94. The van der Waals surface area contributed by atoms with Gasteiger partial charge in [0.25, 0.3) is 5.56 Å². The van der Waals surface area contributed by atoms with Gasteiger partial charge >= 0.3 is 0 Å². The van der Waals surface area contributed by atoms with Crippen LogP contribution in [0.2, 0.25) is 0 Å². The quantitative estimate of drug-likeness (QED) is 0.233. The first-order valence-corrected chi connectivity index (χ1v) is 12.9. The van der Waals surface area contributed by atoms with Crippen molar-refractivity contribution in [2.45, 2.75) is 33.4 Å². The van der Waals surface area contributed by atoms with Crippen molar-refractivity contribution < 1.29 is 4.74 Å². The van der Waals surface area contributed by atoms with E-state index in [1.54, 1.807) is 11.3 Å². The highest BCUT2D eigenvalue weighted by atomic mass is 32.1. The minimum atomic E-state index is -0.0202. The van der Waals surface area contributed by atoms with Gasteiger partial charge in [0.05, 0.1) is 16.8 Å². The summed E-state index contributed by atoms with van der Waals surface area (Å²) >= 11 is 1.62. The summed E-state index contributed by atoms with van der Waals surface area (Å²) in [5, 5.41) is 0.